The fraction of sp³-hybridized carbons (Fsp3) is 0.278. The monoisotopic (exact) mass is 312 g/mol. The van der Waals surface area contributed by atoms with Crippen LogP contribution in [-0.2, 0) is 9.53 Å². The lowest BCUT2D eigenvalue weighted by Crippen LogP contribution is -2.41. The number of methoxy groups -OCH3 is 1. The van der Waals surface area contributed by atoms with E-state index in [-0.39, 0.29) is 5.91 Å². The summed E-state index contributed by atoms with van der Waals surface area (Å²) in [5.74, 6) is -0.809. The van der Waals surface area contributed by atoms with Gasteiger partial charge in [0.2, 0.25) is 0 Å². The Bertz CT molecular complexity index is 744. The number of hydrogen-bond donors (Lipinski definition) is 1. The van der Waals surface area contributed by atoms with Gasteiger partial charge in [0, 0.05) is 11.6 Å². The Hall–Kier alpha value is -2.69. The maximum atomic E-state index is 12.6. The third kappa shape index (κ3) is 4.16. The van der Waals surface area contributed by atoms with Crippen LogP contribution >= 0.6 is 0 Å². The Balaban J connectivity index is 2.26. The van der Waals surface area contributed by atoms with E-state index in [0.717, 1.165) is 11.0 Å². The van der Waals surface area contributed by atoms with E-state index >= 15 is 0 Å². The molecule has 120 valence electrons. The van der Waals surface area contributed by atoms with Gasteiger partial charge in [-0.1, -0.05) is 29.8 Å². The molecule has 0 spiro atoms. The summed E-state index contributed by atoms with van der Waals surface area (Å²) in [6, 6.07) is 8.36. The average molecular weight is 312 g/mol. The van der Waals surface area contributed by atoms with Gasteiger partial charge in [-0.3, -0.25) is 9.78 Å². The second-order valence-corrected chi connectivity index (χ2v) is 5.45. The number of carbonyl (C=O) groups is 2. The van der Waals surface area contributed by atoms with Crippen LogP contribution in [0.4, 0.5) is 0 Å². The number of ether oxygens (including phenoxy) is 1. The van der Waals surface area contributed by atoms with E-state index in [1.807, 2.05) is 38.1 Å². The summed E-state index contributed by atoms with van der Waals surface area (Å²) in [6.07, 6.45) is 3.92. The second kappa shape index (κ2) is 7.54. The SMILES string of the molecule is COC(=O)[C@@H](CC=C(C)C)NC(=O)c1cccc2cccnc12. The van der Waals surface area contributed by atoms with Gasteiger partial charge in [-0.25, -0.2) is 4.79 Å². The molecule has 1 heterocycles. The Kier molecular flexibility index (Phi) is 5.46. The van der Waals surface area contributed by atoms with Crippen LogP contribution in [0.15, 0.2) is 48.2 Å². The third-order valence-electron chi connectivity index (χ3n) is 3.43. The highest BCUT2D eigenvalue weighted by Crippen LogP contribution is 2.16. The minimum Gasteiger partial charge on any atom is -0.467 e. The standard InChI is InChI=1S/C18H20N2O3/c1-12(2)9-10-15(18(22)23-3)20-17(21)14-8-4-6-13-7-5-11-19-16(13)14/h4-9,11,15H,10H2,1-3H3,(H,20,21)/t15-/m1/s1. The van der Waals surface area contributed by atoms with Crippen molar-refractivity contribution < 1.29 is 14.3 Å². The number of aromatic nitrogens is 1. The molecule has 1 aromatic carbocycles. The van der Waals surface area contributed by atoms with Crippen LogP contribution in [0.5, 0.6) is 0 Å². The number of amides is 1. The van der Waals surface area contributed by atoms with Crippen LogP contribution < -0.4 is 5.32 Å². The largest absolute Gasteiger partial charge is 0.467 e. The minimum atomic E-state index is -0.721. The molecule has 1 aromatic heterocycles. The van der Waals surface area contributed by atoms with Gasteiger partial charge in [0.15, 0.2) is 0 Å². The van der Waals surface area contributed by atoms with Crippen molar-refractivity contribution in [3.63, 3.8) is 0 Å². The first-order chi connectivity index (χ1) is 11.0. The number of esters is 1. The van der Waals surface area contributed by atoms with Crippen molar-refractivity contribution >= 4 is 22.8 Å². The molecule has 0 aliphatic rings. The van der Waals surface area contributed by atoms with Crippen LogP contribution in [0.25, 0.3) is 10.9 Å². The molecule has 1 N–H and O–H groups in total. The fourth-order valence-corrected chi connectivity index (χ4v) is 2.23. The summed E-state index contributed by atoms with van der Waals surface area (Å²) in [4.78, 5) is 28.7. The van der Waals surface area contributed by atoms with Gasteiger partial charge in [0.25, 0.3) is 5.91 Å². The molecule has 0 aliphatic heterocycles. The summed E-state index contributed by atoms with van der Waals surface area (Å²) in [6.45, 7) is 3.87. The maximum Gasteiger partial charge on any atom is 0.328 e. The van der Waals surface area contributed by atoms with E-state index in [1.165, 1.54) is 7.11 Å². The number of nitrogens with one attached hydrogen (secondary N) is 1. The number of rotatable bonds is 5. The Morgan fingerprint density at radius 1 is 1.26 bits per heavy atom. The highest BCUT2D eigenvalue weighted by molar-refractivity contribution is 6.06. The normalized spacial score (nSPS) is 11.6. The molecule has 5 heteroatoms. The summed E-state index contributed by atoms with van der Waals surface area (Å²) >= 11 is 0. The molecule has 1 amide bonds. The van der Waals surface area contributed by atoms with E-state index < -0.39 is 12.0 Å². The lowest BCUT2D eigenvalue weighted by molar-refractivity contribution is -0.142. The smallest absolute Gasteiger partial charge is 0.328 e. The molecule has 0 saturated carbocycles. The third-order valence-corrected chi connectivity index (χ3v) is 3.43. The number of para-hydroxylation sites is 1. The topological polar surface area (TPSA) is 68.3 Å². The zero-order valence-electron chi connectivity index (χ0n) is 13.5. The van der Waals surface area contributed by atoms with Crippen LogP contribution in [0.1, 0.15) is 30.6 Å². The number of benzene rings is 1. The van der Waals surface area contributed by atoms with Crippen LogP contribution in [0.3, 0.4) is 0 Å². The van der Waals surface area contributed by atoms with E-state index in [4.69, 9.17) is 4.74 Å². The van der Waals surface area contributed by atoms with E-state index in [0.29, 0.717) is 17.5 Å². The molecular formula is C18H20N2O3. The van der Waals surface area contributed by atoms with Crippen molar-refractivity contribution in [1.29, 1.82) is 0 Å². The first-order valence-electron chi connectivity index (χ1n) is 7.38. The molecular weight excluding hydrogens is 292 g/mol. The van der Waals surface area contributed by atoms with E-state index in [1.54, 1.807) is 18.3 Å². The van der Waals surface area contributed by atoms with Gasteiger partial charge < -0.3 is 10.1 Å². The molecule has 0 aliphatic carbocycles. The van der Waals surface area contributed by atoms with Crippen molar-refractivity contribution in [3.8, 4) is 0 Å². The van der Waals surface area contributed by atoms with Crippen LogP contribution in [-0.4, -0.2) is 30.0 Å². The first-order valence-corrected chi connectivity index (χ1v) is 7.38. The minimum absolute atomic E-state index is 0.341. The number of nitrogens with zero attached hydrogens (tertiary/aromatic N) is 1. The van der Waals surface area contributed by atoms with Gasteiger partial charge in [-0.2, -0.15) is 0 Å². The molecule has 2 rings (SSSR count). The highest BCUT2D eigenvalue weighted by Gasteiger charge is 2.22. The quantitative estimate of drug-likeness (QED) is 0.681. The molecule has 23 heavy (non-hydrogen) atoms. The van der Waals surface area contributed by atoms with Crippen molar-refractivity contribution in [1.82, 2.24) is 10.3 Å². The zero-order chi connectivity index (χ0) is 16.8. The summed E-state index contributed by atoms with van der Waals surface area (Å²) < 4.78 is 4.77. The van der Waals surface area contributed by atoms with Crippen LogP contribution in [0.2, 0.25) is 0 Å². The summed E-state index contributed by atoms with van der Waals surface area (Å²) in [5.41, 5.74) is 2.12. The van der Waals surface area contributed by atoms with Crippen LogP contribution in [0, 0.1) is 0 Å². The molecule has 0 unspecified atom stereocenters. The lowest BCUT2D eigenvalue weighted by Gasteiger charge is -2.15. The van der Waals surface area contributed by atoms with E-state index in [9.17, 15) is 9.59 Å². The summed E-state index contributed by atoms with van der Waals surface area (Å²) in [5, 5.41) is 3.61. The molecule has 0 bridgehead atoms. The van der Waals surface area contributed by atoms with Crippen molar-refractivity contribution in [2.45, 2.75) is 26.3 Å². The van der Waals surface area contributed by atoms with Crippen molar-refractivity contribution in [3.05, 3.63) is 53.7 Å². The second-order valence-electron chi connectivity index (χ2n) is 5.45. The van der Waals surface area contributed by atoms with Crippen molar-refractivity contribution in [2.24, 2.45) is 0 Å². The summed E-state index contributed by atoms with van der Waals surface area (Å²) in [7, 11) is 1.31. The number of pyridine rings is 1. The molecule has 0 fully saturated rings. The van der Waals surface area contributed by atoms with Gasteiger partial charge in [-0.15, -0.1) is 0 Å². The highest BCUT2D eigenvalue weighted by atomic mass is 16.5. The predicted molar refractivity (Wildman–Crippen MR) is 89.1 cm³/mol. The number of hydrogen-bond acceptors (Lipinski definition) is 4. The lowest BCUT2D eigenvalue weighted by atomic mass is 10.1. The Morgan fingerprint density at radius 3 is 2.70 bits per heavy atom. The van der Waals surface area contributed by atoms with Gasteiger partial charge in [-0.05, 0) is 32.4 Å². The molecule has 0 saturated heterocycles. The van der Waals surface area contributed by atoms with Gasteiger partial charge >= 0.3 is 5.97 Å². The first kappa shape index (κ1) is 16.7. The van der Waals surface area contributed by atoms with Gasteiger partial charge in [0.1, 0.15) is 6.04 Å². The fourth-order valence-electron chi connectivity index (χ4n) is 2.23. The number of allylic oxidation sites excluding steroid dienone is 1. The zero-order valence-corrected chi connectivity index (χ0v) is 13.5. The molecule has 2 aromatic rings. The predicted octanol–water partition coefficient (Wildman–Crippen LogP) is 2.86. The molecule has 5 nitrogen and oxygen atoms in total. The van der Waals surface area contributed by atoms with Crippen molar-refractivity contribution in [2.75, 3.05) is 7.11 Å². The molecule has 0 radical (unpaired) electrons. The number of fused-ring (bicyclic) bond motifs is 1. The Labute approximate surface area is 135 Å². The van der Waals surface area contributed by atoms with Gasteiger partial charge in [0.05, 0.1) is 18.2 Å². The van der Waals surface area contributed by atoms with E-state index in [2.05, 4.69) is 10.3 Å². The Morgan fingerprint density at radius 2 is 2.00 bits per heavy atom. The average Bonchev–Trinajstić information content (AvgIpc) is 2.56. The maximum absolute atomic E-state index is 12.6. The molecule has 1 atom stereocenters. The number of carbonyl (C=O) groups excluding carboxylic acids is 2.